The highest BCUT2D eigenvalue weighted by molar-refractivity contribution is 9.13. The van der Waals surface area contributed by atoms with Crippen molar-refractivity contribution in [1.29, 1.82) is 0 Å². The van der Waals surface area contributed by atoms with Gasteiger partial charge in [0, 0.05) is 15.6 Å². The first-order valence-electron chi connectivity index (χ1n) is 14.1. The topological polar surface area (TPSA) is 65.7 Å². The molecule has 232 valence electrons. The molecule has 6 rings (SSSR count). The summed E-state index contributed by atoms with van der Waals surface area (Å²) in [5, 5.41) is 6.89. The maximum absolute atomic E-state index is 13.6. The molecule has 0 amide bonds. The zero-order valence-electron chi connectivity index (χ0n) is 24.2. The van der Waals surface area contributed by atoms with Gasteiger partial charge in [0.1, 0.15) is 6.61 Å². The van der Waals surface area contributed by atoms with Crippen molar-refractivity contribution >= 4 is 59.7 Å². The van der Waals surface area contributed by atoms with Crippen molar-refractivity contribution in [2.24, 2.45) is 5.10 Å². The molecule has 1 aromatic heterocycles. The van der Waals surface area contributed by atoms with E-state index in [1.165, 1.54) is 18.3 Å². The Morgan fingerprint density at radius 1 is 0.870 bits per heavy atom. The molecule has 0 aliphatic heterocycles. The lowest BCUT2D eigenvalue weighted by Crippen LogP contribution is -2.20. The van der Waals surface area contributed by atoms with Gasteiger partial charge in [-0.25, -0.2) is 4.98 Å². The average Bonchev–Trinajstić information content (AvgIpc) is 3.06. The van der Waals surface area contributed by atoms with Crippen molar-refractivity contribution in [1.82, 2.24) is 9.66 Å². The number of rotatable bonds is 8. The highest BCUT2D eigenvalue weighted by Crippen LogP contribution is 2.43. The van der Waals surface area contributed by atoms with Crippen LogP contribution in [0.15, 0.2) is 116 Å². The Balaban J connectivity index is 1.42. The summed E-state index contributed by atoms with van der Waals surface area (Å²) in [6.45, 7) is 2.47. The van der Waals surface area contributed by atoms with E-state index in [1.807, 2.05) is 49.4 Å². The van der Waals surface area contributed by atoms with Gasteiger partial charge in [0.05, 0.1) is 33.8 Å². The van der Waals surface area contributed by atoms with Crippen molar-refractivity contribution in [2.45, 2.75) is 19.7 Å². The van der Waals surface area contributed by atoms with Crippen molar-refractivity contribution < 1.29 is 22.6 Å². The molecule has 0 saturated carbocycles. The fourth-order valence-electron chi connectivity index (χ4n) is 5.04. The van der Waals surface area contributed by atoms with Crippen LogP contribution in [0.25, 0.3) is 33.1 Å². The molecule has 6 aromatic rings. The lowest BCUT2D eigenvalue weighted by Gasteiger charge is -2.17. The number of nitrogens with zero attached hydrogens (tertiary/aromatic N) is 3. The summed E-state index contributed by atoms with van der Waals surface area (Å²) in [6, 6.07) is 27.0. The normalized spacial score (nSPS) is 11.9. The largest absolute Gasteiger partial charge is 0.490 e. The summed E-state index contributed by atoms with van der Waals surface area (Å²) >= 11 is 7.23. The minimum atomic E-state index is -4.58. The highest BCUT2D eigenvalue weighted by atomic mass is 79.9. The SMILES string of the molecule is CCOc1cc(C=Nn2c(-c3cccc(C(F)(F)F)c3)nc3ccccc3c2=O)c(Br)c(Br)c1OCc1cccc2ccccc12. The third-order valence-corrected chi connectivity index (χ3v) is 9.36. The zero-order chi connectivity index (χ0) is 32.4. The Kier molecular flexibility index (Phi) is 8.97. The molecule has 0 radical (unpaired) electrons. The van der Waals surface area contributed by atoms with Gasteiger partial charge in [-0.15, -0.1) is 0 Å². The maximum Gasteiger partial charge on any atom is 0.416 e. The number of fused-ring (bicyclic) bond motifs is 2. The molecule has 46 heavy (non-hydrogen) atoms. The summed E-state index contributed by atoms with van der Waals surface area (Å²) < 4.78 is 55.1. The standard InChI is InChI=1S/C35H24Br2F3N3O3/c1-2-45-29-18-24(30(36)31(37)32(29)46-20-23-12-7-10-21-9-3-4-14-26(21)23)19-41-43-33(22-11-8-13-25(17-22)35(38,39)40)42-28-16-6-5-15-27(28)34(43)44/h3-19H,2,20H2,1H3. The molecule has 0 unspecified atom stereocenters. The van der Waals surface area contributed by atoms with Gasteiger partial charge >= 0.3 is 6.18 Å². The van der Waals surface area contributed by atoms with Crippen LogP contribution in [0.1, 0.15) is 23.6 Å². The molecule has 0 bridgehead atoms. The van der Waals surface area contributed by atoms with Crippen molar-refractivity contribution in [3.63, 3.8) is 0 Å². The summed E-state index contributed by atoms with van der Waals surface area (Å²) in [5.74, 6) is 0.857. The molecule has 11 heteroatoms. The van der Waals surface area contributed by atoms with Crippen LogP contribution in [0.4, 0.5) is 13.2 Å². The lowest BCUT2D eigenvalue weighted by molar-refractivity contribution is -0.137. The van der Waals surface area contributed by atoms with Crippen LogP contribution >= 0.6 is 31.9 Å². The van der Waals surface area contributed by atoms with E-state index in [0.717, 1.165) is 33.1 Å². The monoisotopic (exact) mass is 749 g/mol. The number of hydrogen-bond acceptors (Lipinski definition) is 5. The second-order valence-electron chi connectivity index (χ2n) is 10.2. The molecular formula is C35H24Br2F3N3O3. The maximum atomic E-state index is 13.6. The molecule has 0 aliphatic carbocycles. The molecule has 0 saturated heterocycles. The van der Waals surface area contributed by atoms with Gasteiger partial charge < -0.3 is 9.47 Å². The van der Waals surface area contributed by atoms with E-state index in [2.05, 4.69) is 41.9 Å². The van der Waals surface area contributed by atoms with Crippen molar-refractivity contribution in [3.8, 4) is 22.9 Å². The summed E-state index contributed by atoms with van der Waals surface area (Å²) in [7, 11) is 0. The second-order valence-corrected chi connectivity index (χ2v) is 11.8. The van der Waals surface area contributed by atoms with Gasteiger partial charge in [-0.2, -0.15) is 22.9 Å². The molecule has 0 fully saturated rings. The first-order valence-corrected chi connectivity index (χ1v) is 15.7. The van der Waals surface area contributed by atoms with E-state index < -0.39 is 17.3 Å². The Bertz CT molecular complexity index is 2180. The molecule has 0 aliphatic rings. The summed E-state index contributed by atoms with van der Waals surface area (Å²) in [4.78, 5) is 18.2. The Labute approximate surface area is 278 Å². The molecule has 0 N–H and O–H groups in total. The zero-order valence-corrected chi connectivity index (χ0v) is 27.4. The van der Waals surface area contributed by atoms with Crippen LogP contribution in [-0.4, -0.2) is 22.5 Å². The quantitative estimate of drug-likeness (QED) is 0.145. The molecule has 1 heterocycles. The predicted octanol–water partition coefficient (Wildman–Crippen LogP) is 9.62. The number of halogens is 5. The van der Waals surface area contributed by atoms with Crippen LogP contribution in [0.2, 0.25) is 0 Å². The summed E-state index contributed by atoms with van der Waals surface area (Å²) in [5.41, 5.74) is 0.533. The van der Waals surface area contributed by atoms with Crippen LogP contribution in [-0.2, 0) is 12.8 Å². The van der Waals surface area contributed by atoms with Gasteiger partial charge in [-0.1, -0.05) is 66.7 Å². The van der Waals surface area contributed by atoms with Crippen LogP contribution < -0.4 is 15.0 Å². The van der Waals surface area contributed by atoms with Gasteiger partial charge in [-0.05, 0) is 85.5 Å². The van der Waals surface area contributed by atoms with Crippen LogP contribution in [0.5, 0.6) is 11.5 Å². The lowest BCUT2D eigenvalue weighted by atomic mass is 10.1. The highest BCUT2D eigenvalue weighted by Gasteiger charge is 2.31. The molecule has 0 spiro atoms. The number of ether oxygens (including phenoxy) is 2. The second kappa shape index (κ2) is 13.1. The Morgan fingerprint density at radius 3 is 2.37 bits per heavy atom. The van der Waals surface area contributed by atoms with Gasteiger partial charge in [0.25, 0.3) is 5.56 Å². The van der Waals surface area contributed by atoms with Crippen LogP contribution in [0.3, 0.4) is 0 Å². The number of aromatic nitrogens is 2. The van der Waals surface area contributed by atoms with Crippen molar-refractivity contribution in [3.05, 3.63) is 133 Å². The van der Waals surface area contributed by atoms with E-state index in [-0.39, 0.29) is 23.4 Å². The smallest absolute Gasteiger partial charge is 0.416 e. The molecular weight excluding hydrogens is 727 g/mol. The number of hydrogen-bond donors (Lipinski definition) is 0. The summed E-state index contributed by atoms with van der Waals surface area (Å²) in [6.07, 6.45) is -3.16. The number of alkyl halides is 3. The van der Waals surface area contributed by atoms with E-state index >= 15 is 0 Å². The third-order valence-electron chi connectivity index (χ3n) is 7.22. The van der Waals surface area contributed by atoms with Gasteiger partial charge in [0.15, 0.2) is 17.3 Å². The first-order chi connectivity index (χ1) is 22.2. The fraction of sp³-hybridized carbons (Fsp3) is 0.114. The predicted molar refractivity (Wildman–Crippen MR) is 181 cm³/mol. The molecule has 0 atom stereocenters. The average molecular weight is 751 g/mol. The Hall–Kier alpha value is -4.48. The van der Waals surface area contributed by atoms with E-state index in [9.17, 15) is 18.0 Å². The fourth-order valence-corrected chi connectivity index (χ4v) is 5.97. The Morgan fingerprint density at radius 2 is 1.59 bits per heavy atom. The minimum Gasteiger partial charge on any atom is -0.490 e. The minimum absolute atomic E-state index is 0.0405. The molecule has 6 nitrogen and oxygen atoms in total. The first kappa shape index (κ1) is 31.5. The molecule has 5 aromatic carbocycles. The number of benzene rings is 5. The van der Waals surface area contributed by atoms with E-state index in [4.69, 9.17) is 9.47 Å². The number of para-hydroxylation sites is 1. The van der Waals surface area contributed by atoms with E-state index in [1.54, 1.807) is 30.3 Å². The van der Waals surface area contributed by atoms with E-state index in [0.29, 0.717) is 38.1 Å². The third kappa shape index (κ3) is 6.29. The van der Waals surface area contributed by atoms with Gasteiger partial charge in [0.2, 0.25) is 0 Å². The van der Waals surface area contributed by atoms with Crippen molar-refractivity contribution in [2.75, 3.05) is 6.61 Å². The van der Waals surface area contributed by atoms with Crippen LogP contribution in [0, 0.1) is 0 Å². The van der Waals surface area contributed by atoms with Gasteiger partial charge in [-0.3, -0.25) is 4.79 Å².